The molecule has 2 aliphatic rings. The van der Waals surface area contributed by atoms with Crippen molar-refractivity contribution >= 4 is 23.6 Å². The SMILES string of the molecule is CCCCN(CCCC)c1nc2c(c(N(CCCC)CCCC)n1)C(c1ccccc1C(F)(F)F)C(C(=O)OC1CCCC1)=C(CC)N2. The summed E-state index contributed by atoms with van der Waals surface area (Å²) in [6.07, 6.45) is 6.69. The van der Waals surface area contributed by atoms with Gasteiger partial charge in [0.05, 0.1) is 17.1 Å². The first kappa shape index (κ1) is 37.5. The van der Waals surface area contributed by atoms with Crippen molar-refractivity contribution in [2.75, 3.05) is 41.3 Å². The predicted octanol–water partition coefficient (Wildman–Crippen LogP) is 10.0. The Morgan fingerprint density at radius 3 is 1.96 bits per heavy atom. The summed E-state index contributed by atoms with van der Waals surface area (Å²) in [5.41, 5.74) is 0.552. The number of aromatic nitrogens is 2. The highest BCUT2D eigenvalue weighted by atomic mass is 19.4. The molecule has 1 unspecified atom stereocenters. The molecule has 266 valence electrons. The molecule has 0 spiro atoms. The van der Waals surface area contributed by atoms with Crippen LogP contribution in [0, 0.1) is 0 Å². The molecule has 7 nitrogen and oxygen atoms in total. The van der Waals surface area contributed by atoms with Gasteiger partial charge < -0.3 is 19.9 Å². The molecule has 48 heavy (non-hydrogen) atoms. The molecular weight excluding hydrogens is 615 g/mol. The fourth-order valence-electron chi connectivity index (χ4n) is 6.81. The average Bonchev–Trinajstić information content (AvgIpc) is 3.59. The summed E-state index contributed by atoms with van der Waals surface area (Å²) in [7, 11) is 0. The monoisotopic (exact) mass is 671 g/mol. The number of unbranched alkanes of at least 4 members (excludes halogenated alkanes) is 4. The molecule has 0 saturated heterocycles. The highest BCUT2D eigenvalue weighted by molar-refractivity contribution is 5.96. The van der Waals surface area contributed by atoms with Gasteiger partial charge in [0, 0.05) is 37.4 Å². The van der Waals surface area contributed by atoms with E-state index in [1.54, 1.807) is 6.07 Å². The van der Waals surface area contributed by atoms with Crippen LogP contribution in [0.4, 0.5) is 30.8 Å². The maximum atomic E-state index is 14.8. The molecule has 10 heteroatoms. The van der Waals surface area contributed by atoms with Gasteiger partial charge in [-0.05, 0) is 69.4 Å². The molecular formula is C38H56F3N5O2. The van der Waals surface area contributed by atoms with Crippen LogP contribution in [0.25, 0.3) is 0 Å². The van der Waals surface area contributed by atoms with Gasteiger partial charge in [0.15, 0.2) is 0 Å². The molecule has 1 aliphatic heterocycles. The summed E-state index contributed by atoms with van der Waals surface area (Å²) in [5.74, 6) is 0.0342. The maximum absolute atomic E-state index is 14.8. The Bertz CT molecular complexity index is 1360. The number of hydrogen-bond donors (Lipinski definition) is 1. The number of allylic oxidation sites excluding steroid dienone is 1. The molecule has 0 amide bonds. The molecule has 1 atom stereocenters. The van der Waals surface area contributed by atoms with Gasteiger partial charge in [-0.2, -0.15) is 23.1 Å². The fraction of sp³-hybridized carbons (Fsp3) is 0.658. The second kappa shape index (κ2) is 17.9. The lowest BCUT2D eigenvalue weighted by atomic mass is 9.79. The predicted molar refractivity (Wildman–Crippen MR) is 189 cm³/mol. The van der Waals surface area contributed by atoms with Crippen LogP contribution in [0.5, 0.6) is 0 Å². The number of ether oxygens (including phenoxy) is 1. The summed E-state index contributed by atoms with van der Waals surface area (Å²) in [5, 5.41) is 3.47. The fourth-order valence-corrected chi connectivity index (χ4v) is 6.81. The smallest absolute Gasteiger partial charge is 0.416 e. The molecule has 0 radical (unpaired) electrons. The summed E-state index contributed by atoms with van der Waals surface area (Å²) in [4.78, 5) is 29.0. The van der Waals surface area contributed by atoms with E-state index in [0.717, 1.165) is 96.2 Å². The number of halogens is 3. The largest absolute Gasteiger partial charge is 0.459 e. The van der Waals surface area contributed by atoms with Crippen molar-refractivity contribution in [3.05, 3.63) is 52.2 Å². The number of anilines is 3. The number of rotatable bonds is 18. The van der Waals surface area contributed by atoms with Crippen LogP contribution in [-0.2, 0) is 15.7 Å². The van der Waals surface area contributed by atoms with Gasteiger partial charge in [-0.25, -0.2) is 4.79 Å². The van der Waals surface area contributed by atoms with E-state index in [2.05, 4.69) is 42.8 Å². The maximum Gasteiger partial charge on any atom is 0.416 e. The third kappa shape index (κ3) is 9.03. The zero-order valence-corrected chi connectivity index (χ0v) is 29.7. The van der Waals surface area contributed by atoms with Crippen molar-refractivity contribution in [3.8, 4) is 0 Å². The zero-order chi connectivity index (χ0) is 34.7. The van der Waals surface area contributed by atoms with Crippen LogP contribution in [0.2, 0.25) is 0 Å². The van der Waals surface area contributed by atoms with E-state index in [-0.39, 0.29) is 17.2 Å². The molecule has 4 rings (SSSR count). The molecule has 2 heterocycles. The Hall–Kier alpha value is -3.30. The molecule has 1 aromatic heterocycles. The molecule has 0 bridgehead atoms. The third-order valence-electron chi connectivity index (χ3n) is 9.52. The molecule has 1 saturated carbocycles. The van der Waals surface area contributed by atoms with Gasteiger partial charge in [0.1, 0.15) is 17.7 Å². The first-order valence-electron chi connectivity index (χ1n) is 18.5. The molecule has 1 fully saturated rings. The van der Waals surface area contributed by atoms with Crippen LogP contribution in [0.15, 0.2) is 35.5 Å². The number of benzene rings is 1. The summed E-state index contributed by atoms with van der Waals surface area (Å²) in [6.45, 7) is 13.5. The number of nitrogens with zero attached hydrogens (tertiary/aromatic N) is 4. The summed E-state index contributed by atoms with van der Waals surface area (Å²) >= 11 is 0. The first-order valence-corrected chi connectivity index (χ1v) is 18.5. The Morgan fingerprint density at radius 2 is 1.42 bits per heavy atom. The standard InChI is InChI=1S/C38H56F3N5O2/c1-6-11-23-45(24-12-7-2)35-33-31(28-21-17-18-22-29(28)38(39,40)41)32(36(47)48-27-19-15-16-20-27)30(10-5)42-34(33)43-37(44-35)46(25-13-8-3)26-14-9-4/h17-18,21-22,27,31H,6-16,19-20,23-26H2,1-5H3,(H,42,43,44). The lowest BCUT2D eigenvalue weighted by Crippen LogP contribution is -2.35. The highest BCUT2D eigenvalue weighted by Gasteiger charge is 2.44. The van der Waals surface area contributed by atoms with Crippen LogP contribution >= 0.6 is 0 Å². The highest BCUT2D eigenvalue weighted by Crippen LogP contribution is 2.50. The van der Waals surface area contributed by atoms with Crippen molar-refractivity contribution in [3.63, 3.8) is 0 Å². The lowest BCUT2D eigenvalue weighted by molar-refractivity contribution is -0.145. The number of alkyl halides is 3. The third-order valence-corrected chi connectivity index (χ3v) is 9.52. The second-order valence-corrected chi connectivity index (χ2v) is 13.2. The van der Waals surface area contributed by atoms with Crippen LogP contribution in [-0.4, -0.2) is 48.2 Å². The van der Waals surface area contributed by atoms with Gasteiger partial charge in [-0.15, -0.1) is 0 Å². The average molecular weight is 672 g/mol. The number of carbonyl (C=O) groups is 1. The van der Waals surface area contributed by atoms with Crippen molar-refractivity contribution in [1.82, 2.24) is 9.97 Å². The van der Waals surface area contributed by atoms with Crippen molar-refractivity contribution < 1.29 is 22.7 Å². The number of hydrogen-bond acceptors (Lipinski definition) is 7. The van der Waals surface area contributed by atoms with Gasteiger partial charge in [0.25, 0.3) is 0 Å². The minimum absolute atomic E-state index is 0.0226. The van der Waals surface area contributed by atoms with Crippen LogP contribution in [0.1, 0.15) is 141 Å². The normalized spacial score (nSPS) is 16.5. The Balaban J connectivity index is 2.04. The Labute approximate surface area is 285 Å². The number of fused-ring (bicyclic) bond motifs is 1. The van der Waals surface area contributed by atoms with E-state index >= 15 is 0 Å². The van der Waals surface area contributed by atoms with Crippen LogP contribution < -0.4 is 15.1 Å². The van der Waals surface area contributed by atoms with Gasteiger partial charge in [-0.3, -0.25) is 0 Å². The number of esters is 1. The zero-order valence-electron chi connectivity index (χ0n) is 29.7. The molecule has 2 aromatic rings. The van der Waals surface area contributed by atoms with E-state index in [4.69, 9.17) is 14.7 Å². The minimum atomic E-state index is -4.63. The van der Waals surface area contributed by atoms with Crippen molar-refractivity contribution in [1.29, 1.82) is 0 Å². The van der Waals surface area contributed by atoms with Gasteiger partial charge >= 0.3 is 12.1 Å². The first-order chi connectivity index (χ1) is 23.2. The van der Waals surface area contributed by atoms with Crippen molar-refractivity contribution in [2.24, 2.45) is 0 Å². The number of nitrogens with one attached hydrogen (secondary N) is 1. The minimum Gasteiger partial charge on any atom is -0.459 e. The van der Waals surface area contributed by atoms with E-state index < -0.39 is 23.6 Å². The second-order valence-electron chi connectivity index (χ2n) is 13.2. The quantitative estimate of drug-likeness (QED) is 0.158. The van der Waals surface area contributed by atoms with Gasteiger partial charge in [-0.1, -0.05) is 78.5 Å². The summed E-state index contributed by atoms with van der Waals surface area (Å²) < 4.78 is 50.5. The van der Waals surface area contributed by atoms with Gasteiger partial charge in [0.2, 0.25) is 5.95 Å². The van der Waals surface area contributed by atoms with E-state index in [0.29, 0.717) is 48.4 Å². The van der Waals surface area contributed by atoms with Crippen LogP contribution in [0.3, 0.4) is 0 Å². The lowest BCUT2D eigenvalue weighted by Gasteiger charge is -2.37. The van der Waals surface area contributed by atoms with Crippen molar-refractivity contribution in [2.45, 2.75) is 136 Å². The Morgan fingerprint density at radius 1 is 0.854 bits per heavy atom. The topological polar surface area (TPSA) is 70.6 Å². The molecule has 1 aromatic carbocycles. The number of carbonyl (C=O) groups excluding carboxylic acids is 1. The van der Waals surface area contributed by atoms with E-state index in [9.17, 15) is 18.0 Å². The van der Waals surface area contributed by atoms with E-state index in [1.807, 2.05) is 6.92 Å². The van der Waals surface area contributed by atoms with E-state index in [1.165, 1.54) is 12.1 Å². The summed E-state index contributed by atoms with van der Waals surface area (Å²) in [6, 6.07) is 5.65. The molecule has 1 N–H and O–H groups in total. The molecule has 1 aliphatic carbocycles. The Kier molecular flexibility index (Phi) is 14.0.